The molecule has 0 spiro atoms. The van der Waals surface area contributed by atoms with E-state index < -0.39 is 0 Å². The van der Waals surface area contributed by atoms with E-state index in [4.69, 9.17) is 11.6 Å². The van der Waals surface area contributed by atoms with E-state index in [-0.39, 0.29) is 17.9 Å². The zero-order valence-electron chi connectivity index (χ0n) is 11.2. The van der Waals surface area contributed by atoms with Crippen molar-refractivity contribution in [2.75, 3.05) is 13.1 Å². The molecule has 1 aromatic rings. The molecule has 0 aromatic heterocycles. The Balaban J connectivity index is 1.97. The fourth-order valence-electron chi connectivity index (χ4n) is 2.33. The largest absolute Gasteiger partial charge is 0.353 e. The molecule has 0 unspecified atom stereocenters. The third-order valence-corrected chi connectivity index (χ3v) is 4.59. The summed E-state index contributed by atoms with van der Waals surface area (Å²) in [6.45, 7) is 2.82. The minimum atomic E-state index is -0.0190. The number of carbonyl (C=O) groups is 2. The molecule has 20 heavy (non-hydrogen) atoms. The summed E-state index contributed by atoms with van der Waals surface area (Å²) in [5.41, 5.74) is 0.594. The van der Waals surface area contributed by atoms with Gasteiger partial charge in [0, 0.05) is 36.1 Å². The lowest BCUT2D eigenvalue weighted by molar-refractivity contribution is -0.119. The number of piperidine rings is 1. The van der Waals surface area contributed by atoms with Gasteiger partial charge in [0.2, 0.25) is 5.91 Å². The summed E-state index contributed by atoms with van der Waals surface area (Å²) in [4.78, 5) is 25.2. The van der Waals surface area contributed by atoms with Crippen LogP contribution >= 0.6 is 27.5 Å². The van der Waals surface area contributed by atoms with Gasteiger partial charge in [-0.3, -0.25) is 9.59 Å². The van der Waals surface area contributed by atoms with E-state index in [1.54, 1.807) is 23.1 Å². The Hall–Kier alpha value is -1.07. The summed E-state index contributed by atoms with van der Waals surface area (Å²) in [6, 6.07) is 5.39. The van der Waals surface area contributed by atoms with Crippen LogP contribution in [0, 0.1) is 0 Å². The molecule has 1 fully saturated rings. The summed E-state index contributed by atoms with van der Waals surface area (Å²) in [5, 5.41) is 3.42. The first-order chi connectivity index (χ1) is 9.47. The standard InChI is InChI=1S/C14H16BrClN2O2/c1-9(19)17-11-4-6-18(7-5-11)14(20)10-2-3-12(15)13(16)8-10/h2-3,8,11H,4-7H2,1H3,(H,17,19). The third kappa shape index (κ3) is 3.73. The van der Waals surface area contributed by atoms with E-state index >= 15 is 0 Å². The molecule has 6 heteroatoms. The van der Waals surface area contributed by atoms with Gasteiger partial charge in [0.05, 0.1) is 5.02 Å². The van der Waals surface area contributed by atoms with Crippen LogP contribution in [0.2, 0.25) is 5.02 Å². The molecule has 0 bridgehead atoms. The van der Waals surface area contributed by atoms with Crippen LogP contribution in [0.4, 0.5) is 0 Å². The van der Waals surface area contributed by atoms with Crippen molar-refractivity contribution < 1.29 is 9.59 Å². The van der Waals surface area contributed by atoms with E-state index in [1.165, 1.54) is 6.92 Å². The van der Waals surface area contributed by atoms with Gasteiger partial charge in [-0.15, -0.1) is 0 Å². The van der Waals surface area contributed by atoms with E-state index in [2.05, 4.69) is 21.2 Å². The van der Waals surface area contributed by atoms with Gasteiger partial charge in [0.1, 0.15) is 0 Å². The quantitative estimate of drug-likeness (QED) is 0.883. The van der Waals surface area contributed by atoms with Gasteiger partial charge < -0.3 is 10.2 Å². The van der Waals surface area contributed by atoms with Crippen molar-refractivity contribution in [1.29, 1.82) is 0 Å². The highest BCUT2D eigenvalue weighted by atomic mass is 79.9. The van der Waals surface area contributed by atoms with Crippen LogP contribution in [-0.2, 0) is 4.79 Å². The zero-order chi connectivity index (χ0) is 14.7. The van der Waals surface area contributed by atoms with Gasteiger partial charge in [-0.05, 0) is 47.0 Å². The molecule has 108 valence electrons. The van der Waals surface area contributed by atoms with Crippen molar-refractivity contribution in [1.82, 2.24) is 10.2 Å². The Morgan fingerprint density at radius 2 is 2.00 bits per heavy atom. The number of nitrogens with zero attached hydrogens (tertiary/aromatic N) is 1. The minimum absolute atomic E-state index is 0.0133. The predicted octanol–water partition coefficient (Wildman–Crippen LogP) is 2.84. The number of halogens is 2. The molecule has 4 nitrogen and oxygen atoms in total. The Morgan fingerprint density at radius 3 is 2.55 bits per heavy atom. The van der Waals surface area contributed by atoms with Crippen LogP contribution in [0.3, 0.4) is 0 Å². The van der Waals surface area contributed by atoms with E-state index in [1.807, 2.05) is 0 Å². The Kier molecular flexibility index (Phi) is 5.05. The average Bonchev–Trinajstić information content (AvgIpc) is 2.41. The second-order valence-electron chi connectivity index (χ2n) is 4.90. The lowest BCUT2D eigenvalue weighted by Crippen LogP contribution is -2.46. The van der Waals surface area contributed by atoms with Crippen molar-refractivity contribution in [2.45, 2.75) is 25.8 Å². The van der Waals surface area contributed by atoms with Crippen LogP contribution in [0.5, 0.6) is 0 Å². The van der Waals surface area contributed by atoms with Crippen LogP contribution in [0.15, 0.2) is 22.7 Å². The SMILES string of the molecule is CC(=O)NC1CCN(C(=O)c2ccc(Br)c(Cl)c2)CC1. The molecule has 2 rings (SSSR count). The highest BCUT2D eigenvalue weighted by molar-refractivity contribution is 9.10. The van der Waals surface area contributed by atoms with E-state index in [0.717, 1.165) is 17.3 Å². The lowest BCUT2D eigenvalue weighted by Gasteiger charge is -2.32. The molecule has 0 aliphatic carbocycles. The summed E-state index contributed by atoms with van der Waals surface area (Å²) < 4.78 is 0.778. The second kappa shape index (κ2) is 6.59. The zero-order valence-corrected chi connectivity index (χ0v) is 13.5. The van der Waals surface area contributed by atoms with Gasteiger partial charge in [0.25, 0.3) is 5.91 Å². The molecule has 0 radical (unpaired) electrons. The Morgan fingerprint density at radius 1 is 1.35 bits per heavy atom. The van der Waals surface area contributed by atoms with Gasteiger partial charge in [-0.1, -0.05) is 11.6 Å². The van der Waals surface area contributed by atoms with Gasteiger partial charge in [0.15, 0.2) is 0 Å². The molecule has 0 saturated carbocycles. The van der Waals surface area contributed by atoms with Gasteiger partial charge in [-0.25, -0.2) is 0 Å². The first kappa shape index (κ1) is 15.3. The van der Waals surface area contributed by atoms with Crippen LogP contribution in [0.1, 0.15) is 30.1 Å². The predicted molar refractivity (Wildman–Crippen MR) is 81.9 cm³/mol. The van der Waals surface area contributed by atoms with E-state index in [9.17, 15) is 9.59 Å². The van der Waals surface area contributed by atoms with Crippen molar-refractivity contribution in [3.05, 3.63) is 33.3 Å². The molecule has 1 saturated heterocycles. The maximum absolute atomic E-state index is 12.4. The fraction of sp³-hybridized carbons (Fsp3) is 0.429. The maximum atomic E-state index is 12.4. The van der Waals surface area contributed by atoms with Crippen molar-refractivity contribution in [3.63, 3.8) is 0 Å². The lowest BCUT2D eigenvalue weighted by atomic mass is 10.0. The number of hydrogen-bond acceptors (Lipinski definition) is 2. The molecule has 1 aliphatic rings. The van der Waals surface area contributed by atoms with E-state index in [0.29, 0.717) is 23.7 Å². The number of likely N-dealkylation sites (tertiary alicyclic amines) is 1. The molecule has 1 aromatic carbocycles. The van der Waals surface area contributed by atoms with Gasteiger partial charge >= 0.3 is 0 Å². The molecule has 1 N–H and O–H groups in total. The van der Waals surface area contributed by atoms with Crippen LogP contribution < -0.4 is 5.32 Å². The molecule has 2 amide bonds. The van der Waals surface area contributed by atoms with Gasteiger partial charge in [-0.2, -0.15) is 0 Å². The number of hydrogen-bond donors (Lipinski definition) is 1. The topological polar surface area (TPSA) is 49.4 Å². The van der Waals surface area contributed by atoms with Crippen molar-refractivity contribution in [3.8, 4) is 0 Å². The van der Waals surface area contributed by atoms with Crippen molar-refractivity contribution >= 4 is 39.3 Å². The number of amides is 2. The first-order valence-corrected chi connectivity index (χ1v) is 7.66. The molecule has 1 aliphatic heterocycles. The van der Waals surface area contributed by atoms with Crippen molar-refractivity contribution in [2.24, 2.45) is 0 Å². The second-order valence-corrected chi connectivity index (χ2v) is 6.16. The summed E-state index contributed by atoms with van der Waals surface area (Å²) in [7, 11) is 0. The highest BCUT2D eigenvalue weighted by Gasteiger charge is 2.24. The number of rotatable bonds is 2. The highest BCUT2D eigenvalue weighted by Crippen LogP contribution is 2.24. The number of carbonyl (C=O) groups excluding carboxylic acids is 2. The van der Waals surface area contributed by atoms with Crippen LogP contribution in [0.25, 0.3) is 0 Å². The molecule has 1 heterocycles. The summed E-state index contributed by atoms with van der Waals surface area (Å²) in [6.07, 6.45) is 1.57. The summed E-state index contributed by atoms with van der Waals surface area (Å²) >= 11 is 9.32. The third-order valence-electron chi connectivity index (χ3n) is 3.36. The van der Waals surface area contributed by atoms with Crippen LogP contribution in [-0.4, -0.2) is 35.8 Å². The minimum Gasteiger partial charge on any atom is -0.353 e. The normalized spacial score (nSPS) is 16.1. The number of benzene rings is 1. The first-order valence-electron chi connectivity index (χ1n) is 6.49. The average molecular weight is 360 g/mol. The molecule has 0 atom stereocenters. The number of nitrogens with one attached hydrogen (secondary N) is 1. The molecular weight excluding hydrogens is 344 g/mol. The Labute approximate surface area is 131 Å². The summed E-state index contributed by atoms with van der Waals surface area (Å²) in [5.74, 6) is -0.0323. The fourth-order valence-corrected chi connectivity index (χ4v) is 2.75. The maximum Gasteiger partial charge on any atom is 0.253 e. The monoisotopic (exact) mass is 358 g/mol. The smallest absolute Gasteiger partial charge is 0.253 e. The molecular formula is C14H16BrClN2O2. The Bertz CT molecular complexity index is 528.